The van der Waals surface area contributed by atoms with Gasteiger partial charge in [0, 0.05) is 16.6 Å². The van der Waals surface area contributed by atoms with Crippen molar-refractivity contribution in [3.05, 3.63) is 91.3 Å². The first-order chi connectivity index (χ1) is 17.9. The molecule has 0 unspecified atom stereocenters. The number of nitro benzene ring substituents is 1. The molecule has 0 saturated carbocycles. The lowest BCUT2D eigenvalue weighted by Crippen LogP contribution is -2.19. The van der Waals surface area contributed by atoms with Crippen molar-refractivity contribution in [3.63, 3.8) is 0 Å². The van der Waals surface area contributed by atoms with E-state index in [1.807, 2.05) is 31.2 Å². The molecule has 1 fully saturated rings. The van der Waals surface area contributed by atoms with Crippen LogP contribution < -0.4 is 19.5 Å². The summed E-state index contributed by atoms with van der Waals surface area (Å²) in [7, 11) is 1.53. The van der Waals surface area contributed by atoms with Gasteiger partial charge < -0.3 is 19.5 Å². The number of methoxy groups -OCH3 is 1. The summed E-state index contributed by atoms with van der Waals surface area (Å²) < 4.78 is 17.5. The van der Waals surface area contributed by atoms with E-state index >= 15 is 0 Å². The van der Waals surface area contributed by atoms with E-state index < -0.39 is 4.92 Å². The molecule has 1 saturated heterocycles. The Morgan fingerprint density at radius 2 is 1.81 bits per heavy atom. The molecule has 1 aliphatic rings. The highest BCUT2D eigenvalue weighted by Crippen LogP contribution is 2.37. The predicted molar refractivity (Wildman–Crippen MR) is 147 cm³/mol. The quantitative estimate of drug-likeness (QED) is 0.180. The van der Waals surface area contributed by atoms with E-state index in [4.69, 9.17) is 14.2 Å². The summed E-state index contributed by atoms with van der Waals surface area (Å²) in [5.41, 5.74) is 2.21. The number of halogens is 1. The molecule has 1 heterocycles. The second-order valence-electron chi connectivity index (χ2n) is 7.65. The fraction of sp³-hybridized carbons (Fsp3) is 0.154. The lowest BCUT2D eigenvalue weighted by atomic mass is 10.1. The van der Waals surface area contributed by atoms with Gasteiger partial charge in [-0.1, -0.05) is 15.9 Å². The van der Waals surface area contributed by atoms with E-state index in [0.29, 0.717) is 38.3 Å². The average Bonchev–Trinajstić information content (AvgIpc) is 3.23. The zero-order chi connectivity index (χ0) is 26.4. The van der Waals surface area contributed by atoms with Gasteiger partial charge >= 0.3 is 0 Å². The lowest BCUT2D eigenvalue weighted by molar-refractivity contribution is -0.384. The van der Waals surface area contributed by atoms with Crippen LogP contribution in [-0.2, 0) is 11.4 Å². The van der Waals surface area contributed by atoms with E-state index in [2.05, 4.69) is 26.2 Å². The highest BCUT2D eigenvalue weighted by molar-refractivity contribution is 9.10. The van der Waals surface area contributed by atoms with Gasteiger partial charge in [0.15, 0.2) is 16.7 Å². The summed E-state index contributed by atoms with van der Waals surface area (Å²) in [6.07, 6.45) is 1.74. The first-order valence-electron chi connectivity index (χ1n) is 11.1. The zero-order valence-electron chi connectivity index (χ0n) is 19.9. The van der Waals surface area contributed by atoms with Crippen molar-refractivity contribution >= 4 is 56.2 Å². The Hall–Kier alpha value is -3.83. The van der Waals surface area contributed by atoms with Crippen LogP contribution in [0.1, 0.15) is 18.1 Å². The summed E-state index contributed by atoms with van der Waals surface area (Å²) in [4.78, 5) is 27.9. The molecule has 3 aromatic carbocycles. The molecule has 190 valence electrons. The fourth-order valence-corrected chi connectivity index (χ4v) is 4.60. The van der Waals surface area contributed by atoms with Gasteiger partial charge in [0.2, 0.25) is 0 Å². The number of carbonyl (C=O) groups excluding carboxylic acids is 1. The van der Waals surface area contributed by atoms with E-state index in [1.54, 1.807) is 30.3 Å². The van der Waals surface area contributed by atoms with Crippen molar-refractivity contribution in [1.82, 2.24) is 5.32 Å². The van der Waals surface area contributed by atoms with E-state index in [9.17, 15) is 14.9 Å². The molecule has 4 rings (SSSR count). The van der Waals surface area contributed by atoms with Crippen LogP contribution in [0.25, 0.3) is 6.08 Å². The highest BCUT2D eigenvalue weighted by atomic mass is 79.9. The van der Waals surface area contributed by atoms with Gasteiger partial charge in [-0.05, 0) is 84.4 Å². The maximum Gasteiger partial charge on any atom is 0.269 e. The summed E-state index contributed by atoms with van der Waals surface area (Å²) in [6.45, 7) is 2.70. The Kier molecular flexibility index (Phi) is 8.47. The summed E-state index contributed by atoms with van der Waals surface area (Å²) in [5, 5.41) is 14.1. The molecule has 37 heavy (non-hydrogen) atoms. The number of nitro groups is 1. The predicted octanol–water partition coefficient (Wildman–Crippen LogP) is 6.24. The Bertz CT molecular complexity index is 1370. The minimum absolute atomic E-state index is 0.0166. The Labute approximate surface area is 225 Å². The normalized spacial score (nSPS) is 15.1. The number of benzene rings is 3. The van der Waals surface area contributed by atoms with Gasteiger partial charge in [-0.15, -0.1) is 0 Å². The van der Waals surface area contributed by atoms with Gasteiger partial charge in [0.25, 0.3) is 11.6 Å². The minimum Gasteiger partial charge on any atom is -0.494 e. The Morgan fingerprint density at radius 1 is 1.08 bits per heavy atom. The molecule has 9 nitrogen and oxygen atoms in total. The Balaban J connectivity index is 1.48. The second kappa shape index (κ2) is 11.9. The number of amides is 1. The van der Waals surface area contributed by atoms with Crippen LogP contribution in [0.2, 0.25) is 0 Å². The maximum atomic E-state index is 12.6. The van der Waals surface area contributed by atoms with Crippen LogP contribution in [0.3, 0.4) is 0 Å². The van der Waals surface area contributed by atoms with Crippen molar-refractivity contribution in [3.8, 4) is 17.2 Å². The Morgan fingerprint density at radius 3 is 2.46 bits per heavy atom. The fourth-order valence-electron chi connectivity index (χ4n) is 3.33. The first-order valence-corrected chi connectivity index (χ1v) is 12.7. The average molecular weight is 584 g/mol. The van der Waals surface area contributed by atoms with Gasteiger partial charge in [0.1, 0.15) is 12.4 Å². The van der Waals surface area contributed by atoms with Gasteiger partial charge in [-0.3, -0.25) is 14.9 Å². The number of carbonyl (C=O) groups is 1. The van der Waals surface area contributed by atoms with Crippen molar-refractivity contribution in [2.24, 2.45) is 4.99 Å². The third-order valence-corrected chi connectivity index (χ3v) is 6.74. The summed E-state index contributed by atoms with van der Waals surface area (Å²) in [6, 6.07) is 17.0. The number of ether oxygens (including phenoxy) is 3. The molecule has 0 atom stereocenters. The molecular formula is C26H22BrN3O6S. The molecule has 11 heteroatoms. The number of thioether (sulfide) groups is 1. The summed E-state index contributed by atoms with van der Waals surface area (Å²) >= 11 is 4.78. The van der Waals surface area contributed by atoms with Crippen LogP contribution >= 0.6 is 27.7 Å². The topological polar surface area (TPSA) is 112 Å². The molecule has 0 radical (unpaired) electrons. The van der Waals surface area contributed by atoms with Gasteiger partial charge in [-0.25, -0.2) is 4.99 Å². The number of hydrogen-bond donors (Lipinski definition) is 1. The smallest absolute Gasteiger partial charge is 0.269 e. The molecule has 3 aromatic rings. The third-order valence-electron chi connectivity index (χ3n) is 5.14. The molecule has 0 bridgehead atoms. The number of rotatable bonds is 9. The van der Waals surface area contributed by atoms with E-state index in [1.165, 1.54) is 31.0 Å². The molecule has 0 aliphatic carbocycles. The second-order valence-corrected chi connectivity index (χ2v) is 9.53. The number of amidine groups is 1. The lowest BCUT2D eigenvalue weighted by Gasteiger charge is -2.13. The van der Waals surface area contributed by atoms with Crippen molar-refractivity contribution in [2.75, 3.05) is 13.7 Å². The van der Waals surface area contributed by atoms with E-state index in [-0.39, 0.29) is 18.2 Å². The first kappa shape index (κ1) is 26.2. The van der Waals surface area contributed by atoms with Crippen LogP contribution in [0.5, 0.6) is 17.2 Å². The third kappa shape index (κ3) is 6.69. The number of non-ortho nitro benzene ring substituents is 1. The molecule has 0 aromatic heterocycles. The molecule has 1 amide bonds. The SMILES string of the molecule is CCOc1ccc(N=C2NC(=O)/C(=C\c3cc(OC)c(OCc4ccc([N+](=O)[O-])cc4)cc3Br)S2)cc1. The molecular weight excluding hydrogens is 562 g/mol. The number of hydrogen-bond acceptors (Lipinski definition) is 8. The number of nitrogens with one attached hydrogen (secondary N) is 1. The minimum atomic E-state index is -0.449. The zero-order valence-corrected chi connectivity index (χ0v) is 22.3. The summed E-state index contributed by atoms with van der Waals surface area (Å²) in [5.74, 6) is 1.47. The maximum absolute atomic E-state index is 12.6. The van der Waals surface area contributed by atoms with Crippen molar-refractivity contribution < 1.29 is 23.9 Å². The monoisotopic (exact) mass is 583 g/mol. The van der Waals surface area contributed by atoms with Crippen molar-refractivity contribution in [1.29, 1.82) is 0 Å². The van der Waals surface area contributed by atoms with E-state index in [0.717, 1.165) is 16.9 Å². The van der Waals surface area contributed by atoms with Crippen LogP contribution in [-0.4, -0.2) is 29.7 Å². The molecule has 1 aliphatic heterocycles. The largest absolute Gasteiger partial charge is 0.494 e. The standard InChI is InChI=1S/C26H22BrN3O6S/c1-3-35-20-10-6-18(7-11-20)28-26-29-25(31)24(37-26)13-17-12-22(34-2)23(14-21(17)27)36-15-16-4-8-19(9-5-16)30(32)33/h4-14H,3,15H2,1-2H3,(H,28,29,31)/b24-13+. The molecule has 1 N–H and O–H groups in total. The number of nitrogens with zero attached hydrogens (tertiary/aromatic N) is 2. The van der Waals surface area contributed by atoms with Gasteiger partial charge in [-0.2, -0.15) is 0 Å². The van der Waals surface area contributed by atoms with Crippen molar-refractivity contribution in [2.45, 2.75) is 13.5 Å². The van der Waals surface area contributed by atoms with Crippen LogP contribution in [0, 0.1) is 10.1 Å². The van der Waals surface area contributed by atoms with Gasteiger partial charge in [0.05, 0.1) is 29.2 Å². The van der Waals surface area contributed by atoms with Crippen LogP contribution in [0.15, 0.2) is 75.0 Å². The highest BCUT2D eigenvalue weighted by Gasteiger charge is 2.24. The molecule has 0 spiro atoms. The van der Waals surface area contributed by atoms with Crippen LogP contribution in [0.4, 0.5) is 11.4 Å². The number of aliphatic imine (C=N–C) groups is 1.